The summed E-state index contributed by atoms with van der Waals surface area (Å²) in [4.78, 5) is 26.6. The van der Waals surface area contributed by atoms with Crippen molar-refractivity contribution in [3.63, 3.8) is 0 Å². The molecule has 0 aliphatic carbocycles. The van der Waals surface area contributed by atoms with E-state index in [0.717, 1.165) is 25.9 Å². The molecule has 1 aromatic heterocycles. The van der Waals surface area contributed by atoms with Crippen molar-refractivity contribution in [3.8, 4) is 11.8 Å². The summed E-state index contributed by atoms with van der Waals surface area (Å²) in [5.41, 5.74) is 7.48. The van der Waals surface area contributed by atoms with Gasteiger partial charge >= 0.3 is 5.97 Å². The number of carbonyl (C=O) groups excluding carboxylic acids is 2. The lowest BCUT2D eigenvalue weighted by Crippen LogP contribution is -2.37. The topological polar surface area (TPSA) is 101 Å². The van der Waals surface area contributed by atoms with Gasteiger partial charge in [-0.05, 0) is 43.0 Å². The first kappa shape index (κ1) is 18.5. The summed E-state index contributed by atoms with van der Waals surface area (Å²) in [6, 6.07) is 8.87. The summed E-state index contributed by atoms with van der Waals surface area (Å²) in [7, 11) is 1.26. The molecule has 7 nitrogen and oxygen atoms in total. The van der Waals surface area contributed by atoms with E-state index in [1.165, 1.54) is 17.9 Å². The van der Waals surface area contributed by atoms with Crippen LogP contribution < -0.4 is 5.73 Å². The Morgan fingerprint density at radius 1 is 1.22 bits per heavy atom. The SMILES string of the molecule is COC(=O)c1c(N)c(C#N)cn1-c1ccc(C(=O)N2CCC(C)CC2)cc1. The van der Waals surface area contributed by atoms with Crippen LogP contribution in [0, 0.1) is 17.2 Å². The smallest absolute Gasteiger partial charge is 0.357 e. The van der Waals surface area contributed by atoms with E-state index < -0.39 is 5.97 Å². The minimum absolute atomic E-state index is 0.00590. The van der Waals surface area contributed by atoms with E-state index in [0.29, 0.717) is 17.2 Å². The Hall–Kier alpha value is -3.27. The molecule has 27 heavy (non-hydrogen) atoms. The number of esters is 1. The van der Waals surface area contributed by atoms with Gasteiger partial charge in [0, 0.05) is 30.5 Å². The Kier molecular flexibility index (Phi) is 5.17. The average molecular weight is 366 g/mol. The lowest BCUT2D eigenvalue weighted by atomic mass is 9.98. The zero-order valence-corrected chi connectivity index (χ0v) is 15.4. The first-order valence-corrected chi connectivity index (χ1v) is 8.85. The van der Waals surface area contributed by atoms with E-state index >= 15 is 0 Å². The predicted molar refractivity (Wildman–Crippen MR) is 101 cm³/mol. The second kappa shape index (κ2) is 7.54. The zero-order valence-electron chi connectivity index (χ0n) is 15.4. The summed E-state index contributed by atoms with van der Waals surface area (Å²) in [6.07, 6.45) is 3.53. The first-order chi connectivity index (χ1) is 13.0. The highest BCUT2D eigenvalue weighted by molar-refractivity contribution is 5.96. The van der Waals surface area contributed by atoms with E-state index in [1.807, 2.05) is 11.0 Å². The van der Waals surface area contributed by atoms with Gasteiger partial charge in [-0.2, -0.15) is 5.26 Å². The minimum Gasteiger partial charge on any atom is -0.464 e. The molecule has 1 saturated heterocycles. The van der Waals surface area contributed by atoms with Gasteiger partial charge in [-0.1, -0.05) is 6.92 Å². The molecule has 1 fully saturated rings. The normalized spacial score (nSPS) is 14.6. The van der Waals surface area contributed by atoms with Gasteiger partial charge in [0.15, 0.2) is 5.69 Å². The first-order valence-electron chi connectivity index (χ1n) is 8.85. The maximum absolute atomic E-state index is 12.7. The molecule has 1 aliphatic heterocycles. The van der Waals surface area contributed by atoms with Crippen LogP contribution in [0.3, 0.4) is 0 Å². The number of piperidine rings is 1. The third-order valence-electron chi connectivity index (χ3n) is 5.01. The summed E-state index contributed by atoms with van der Waals surface area (Å²) in [5.74, 6) is 0.0321. The molecule has 0 bridgehead atoms. The van der Waals surface area contributed by atoms with Crippen LogP contribution in [0.1, 0.15) is 46.2 Å². The number of nitrogen functional groups attached to an aromatic ring is 1. The summed E-state index contributed by atoms with van der Waals surface area (Å²) in [6.45, 7) is 3.75. The largest absolute Gasteiger partial charge is 0.464 e. The number of benzene rings is 1. The molecule has 3 rings (SSSR count). The molecule has 0 spiro atoms. The van der Waals surface area contributed by atoms with Gasteiger partial charge in [0.25, 0.3) is 5.91 Å². The highest BCUT2D eigenvalue weighted by Gasteiger charge is 2.23. The van der Waals surface area contributed by atoms with Gasteiger partial charge in [-0.25, -0.2) is 4.79 Å². The van der Waals surface area contributed by atoms with E-state index in [2.05, 4.69) is 6.92 Å². The molecular weight excluding hydrogens is 344 g/mol. The molecule has 0 unspecified atom stereocenters. The molecule has 7 heteroatoms. The number of aromatic nitrogens is 1. The van der Waals surface area contributed by atoms with Gasteiger partial charge in [-0.15, -0.1) is 0 Å². The number of carbonyl (C=O) groups is 2. The Labute approximate surface area is 157 Å². The second-order valence-corrected chi connectivity index (χ2v) is 6.80. The third kappa shape index (κ3) is 3.51. The van der Waals surface area contributed by atoms with E-state index in [-0.39, 0.29) is 22.9 Å². The number of rotatable bonds is 3. The number of nitrogens with two attached hydrogens (primary N) is 1. The number of anilines is 1. The maximum Gasteiger partial charge on any atom is 0.357 e. The van der Waals surface area contributed by atoms with Gasteiger partial charge in [-0.3, -0.25) is 4.79 Å². The fourth-order valence-electron chi connectivity index (χ4n) is 3.28. The van der Waals surface area contributed by atoms with E-state index in [4.69, 9.17) is 10.5 Å². The van der Waals surface area contributed by atoms with Gasteiger partial charge in [0.05, 0.1) is 18.4 Å². The lowest BCUT2D eigenvalue weighted by molar-refractivity contribution is 0.0592. The molecule has 1 aliphatic rings. The molecule has 2 N–H and O–H groups in total. The van der Waals surface area contributed by atoms with Crippen LogP contribution >= 0.6 is 0 Å². The van der Waals surface area contributed by atoms with Crippen LogP contribution in [-0.2, 0) is 4.74 Å². The van der Waals surface area contributed by atoms with Crippen LogP contribution in [-0.4, -0.2) is 41.5 Å². The number of nitriles is 1. The lowest BCUT2D eigenvalue weighted by Gasteiger charge is -2.30. The molecule has 0 atom stereocenters. The van der Waals surface area contributed by atoms with Crippen molar-refractivity contribution in [2.24, 2.45) is 5.92 Å². The van der Waals surface area contributed by atoms with Gasteiger partial charge in [0.1, 0.15) is 6.07 Å². The summed E-state index contributed by atoms with van der Waals surface area (Å²) >= 11 is 0. The Balaban J connectivity index is 1.89. The molecule has 2 aromatic rings. The molecule has 2 heterocycles. The quantitative estimate of drug-likeness (QED) is 0.841. The number of hydrogen-bond acceptors (Lipinski definition) is 5. The summed E-state index contributed by atoms with van der Waals surface area (Å²) in [5, 5.41) is 9.19. The molecule has 1 aromatic carbocycles. The number of hydrogen-bond donors (Lipinski definition) is 1. The second-order valence-electron chi connectivity index (χ2n) is 6.80. The fourth-order valence-corrected chi connectivity index (χ4v) is 3.28. The minimum atomic E-state index is -0.628. The number of methoxy groups -OCH3 is 1. The molecule has 0 radical (unpaired) electrons. The van der Waals surface area contributed by atoms with Crippen LogP contribution in [0.15, 0.2) is 30.5 Å². The fraction of sp³-hybridized carbons (Fsp3) is 0.350. The van der Waals surface area contributed by atoms with Crippen LogP contribution in [0.2, 0.25) is 0 Å². The van der Waals surface area contributed by atoms with Crippen molar-refractivity contribution in [1.82, 2.24) is 9.47 Å². The van der Waals surface area contributed by atoms with Crippen molar-refractivity contribution < 1.29 is 14.3 Å². The van der Waals surface area contributed by atoms with Crippen LogP contribution in [0.4, 0.5) is 5.69 Å². The molecule has 0 saturated carbocycles. The zero-order chi connectivity index (χ0) is 19.6. The van der Waals surface area contributed by atoms with Crippen LogP contribution in [0.5, 0.6) is 0 Å². The predicted octanol–water partition coefficient (Wildman–Crippen LogP) is 2.59. The number of nitrogens with zero attached hydrogens (tertiary/aromatic N) is 3. The van der Waals surface area contributed by atoms with Crippen molar-refractivity contribution in [3.05, 3.63) is 47.3 Å². The van der Waals surface area contributed by atoms with Gasteiger partial charge in [0.2, 0.25) is 0 Å². The number of ether oxygens (including phenoxy) is 1. The Morgan fingerprint density at radius 2 is 1.85 bits per heavy atom. The Morgan fingerprint density at radius 3 is 2.41 bits per heavy atom. The molecule has 1 amide bonds. The highest BCUT2D eigenvalue weighted by Crippen LogP contribution is 2.25. The standard InChI is InChI=1S/C20H22N4O3/c1-13-7-9-23(10-8-13)19(25)14-3-5-16(6-4-14)24-12-15(11-21)17(22)18(24)20(26)27-2/h3-6,12-13H,7-10,22H2,1-2H3. The van der Waals surface area contributed by atoms with Gasteiger partial charge < -0.3 is 19.9 Å². The van der Waals surface area contributed by atoms with Crippen molar-refractivity contribution >= 4 is 17.6 Å². The monoisotopic (exact) mass is 366 g/mol. The average Bonchev–Trinajstić information content (AvgIpc) is 3.04. The van der Waals surface area contributed by atoms with Crippen LogP contribution in [0.25, 0.3) is 5.69 Å². The maximum atomic E-state index is 12.7. The van der Waals surface area contributed by atoms with Crippen molar-refractivity contribution in [2.45, 2.75) is 19.8 Å². The highest BCUT2D eigenvalue weighted by atomic mass is 16.5. The third-order valence-corrected chi connectivity index (χ3v) is 5.01. The molecule has 140 valence electrons. The number of likely N-dealkylation sites (tertiary alicyclic amines) is 1. The van der Waals surface area contributed by atoms with E-state index in [9.17, 15) is 14.9 Å². The van der Waals surface area contributed by atoms with Crippen molar-refractivity contribution in [1.29, 1.82) is 5.26 Å². The number of amides is 1. The Bertz CT molecular complexity index is 901. The molecular formula is C20H22N4O3. The summed E-state index contributed by atoms with van der Waals surface area (Å²) < 4.78 is 6.29. The van der Waals surface area contributed by atoms with Crippen molar-refractivity contribution in [2.75, 3.05) is 25.9 Å². The van der Waals surface area contributed by atoms with E-state index in [1.54, 1.807) is 24.3 Å².